The maximum Gasteiger partial charge on any atom is 0.192 e. The van der Waals surface area contributed by atoms with Gasteiger partial charge in [0.05, 0.1) is 41.7 Å². The van der Waals surface area contributed by atoms with Gasteiger partial charge in [-0.15, -0.1) is 4.72 Å². The van der Waals surface area contributed by atoms with Crippen LogP contribution in [0.5, 0.6) is 5.75 Å². The number of alkyl halides is 1. The number of pyridine rings is 2. The Morgan fingerprint density at radius 3 is 2.20 bits per heavy atom. The summed E-state index contributed by atoms with van der Waals surface area (Å²) in [5.74, 6) is 1.25. The molecule has 304 valence electrons. The second-order valence-corrected chi connectivity index (χ2v) is 29.8. The number of methoxy groups -OCH3 is 1. The topological polar surface area (TPSA) is 116 Å². The molecule has 0 spiro atoms. The third kappa shape index (κ3) is 11.5. The highest BCUT2D eigenvalue weighted by Gasteiger charge is 2.39. The van der Waals surface area contributed by atoms with E-state index in [1.165, 1.54) is 0 Å². The summed E-state index contributed by atoms with van der Waals surface area (Å²) in [4.78, 5) is 9.68. The molecule has 0 amide bonds. The lowest BCUT2D eigenvalue weighted by molar-refractivity contribution is 0.147. The molecule has 0 aliphatic carbocycles. The van der Waals surface area contributed by atoms with E-state index in [2.05, 4.69) is 77.4 Å². The van der Waals surface area contributed by atoms with E-state index in [1.807, 2.05) is 57.2 Å². The van der Waals surface area contributed by atoms with Gasteiger partial charge in [0.1, 0.15) is 29.3 Å². The van der Waals surface area contributed by atoms with Crippen LogP contribution in [0.3, 0.4) is 0 Å². The lowest BCUT2D eigenvalue weighted by Crippen LogP contribution is -2.45. The lowest BCUT2D eigenvalue weighted by atomic mass is 10.0. The van der Waals surface area contributed by atoms with Crippen molar-refractivity contribution in [1.29, 1.82) is 0 Å². The molecule has 4 aromatic rings. The quantitative estimate of drug-likeness (QED) is 0.0632. The van der Waals surface area contributed by atoms with Crippen molar-refractivity contribution in [2.75, 3.05) is 26.9 Å². The van der Waals surface area contributed by atoms with E-state index in [0.29, 0.717) is 42.8 Å². The van der Waals surface area contributed by atoms with Crippen molar-refractivity contribution in [3.8, 4) is 22.8 Å². The van der Waals surface area contributed by atoms with E-state index in [-0.39, 0.29) is 23.1 Å². The summed E-state index contributed by atoms with van der Waals surface area (Å²) in [5, 5.41) is 5.64. The molecule has 3 aromatic heterocycles. The Morgan fingerprint density at radius 2 is 1.56 bits per heavy atom. The van der Waals surface area contributed by atoms with E-state index in [9.17, 15) is 4.55 Å². The average molecular weight is 814 g/mol. The van der Waals surface area contributed by atoms with Crippen molar-refractivity contribution >= 4 is 38.9 Å². The highest BCUT2D eigenvalue weighted by atomic mass is 32.2. The van der Waals surface area contributed by atoms with E-state index in [4.69, 9.17) is 28.4 Å². The third-order valence-electron chi connectivity index (χ3n) is 10.8. The fourth-order valence-corrected chi connectivity index (χ4v) is 8.01. The first-order valence-electron chi connectivity index (χ1n) is 19.1. The van der Waals surface area contributed by atoms with Gasteiger partial charge in [0.25, 0.3) is 0 Å². The molecule has 0 saturated carbocycles. The van der Waals surface area contributed by atoms with Crippen LogP contribution in [0.15, 0.2) is 54.9 Å². The zero-order valence-corrected chi connectivity index (χ0v) is 38.3. The van der Waals surface area contributed by atoms with Crippen LogP contribution in [0.1, 0.15) is 86.0 Å². The van der Waals surface area contributed by atoms with E-state index in [0.717, 1.165) is 22.0 Å². The first kappa shape index (κ1) is 45.0. The molecule has 3 atom stereocenters. The molecule has 0 aliphatic heterocycles. The van der Waals surface area contributed by atoms with Crippen LogP contribution in [-0.4, -0.2) is 78.8 Å². The van der Waals surface area contributed by atoms with Crippen LogP contribution >= 0.6 is 0 Å². The van der Waals surface area contributed by atoms with E-state index in [1.54, 1.807) is 30.3 Å². The van der Waals surface area contributed by atoms with Crippen molar-refractivity contribution in [1.82, 2.24) is 24.5 Å². The van der Waals surface area contributed by atoms with Crippen LogP contribution in [0.4, 0.5) is 4.39 Å². The zero-order chi connectivity index (χ0) is 41.0. The minimum Gasteiger partial charge on any atom is -0.598 e. The van der Waals surface area contributed by atoms with Gasteiger partial charge in [0.2, 0.25) is 0 Å². The zero-order valence-electron chi connectivity index (χ0n) is 35.5. The second-order valence-electron chi connectivity index (χ2n) is 18.2. The highest BCUT2D eigenvalue weighted by molar-refractivity contribution is 7.90. The third-order valence-corrected chi connectivity index (χ3v) is 21.4. The fraction of sp³-hybridized carbons (Fsp3) is 0.585. The van der Waals surface area contributed by atoms with Crippen molar-refractivity contribution in [3.05, 3.63) is 66.1 Å². The van der Waals surface area contributed by atoms with Gasteiger partial charge >= 0.3 is 0 Å². The molecule has 4 rings (SSSR count). The summed E-state index contributed by atoms with van der Waals surface area (Å²) < 4.78 is 58.4. The fourth-order valence-electron chi connectivity index (χ4n) is 5.13. The predicted octanol–water partition coefficient (Wildman–Crippen LogP) is 9.87. The van der Waals surface area contributed by atoms with Gasteiger partial charge < -0.3 is 22.9 Å². The predicted molar refractivity (Wildman–Crippen MR) is 228 cm³/mol. The van der Waals surface area contributed by atoms with Crippen LogP contribution in [0, 0.1) is 0 Å². The number of halogens is 1. The van der Waals surface area contributed by atoms with Gasteiger partial charge in [-0.25, -0.2) is 14.1 Å². The minimum atomic E-state index is -2.09. The van der Waals surface area contributed by atoms with E-state index >= 15 is 4.39 Å². The van der Waals surface area contributed by atoms with Crippen LogP contribution in [0.2, 0.25) is 36.3 Å². The number of hydrogen-bond donors (Lipinski definition) is 1. The first-order valence-corrected chi connectivity index (χ1v) is 26.1. The standard InChI is InChI=1S/C41H64FN5O5SSi2/c1-39(2,3)53(48)46-38(32(42)19-21-51-54(11,12)40(4,5)6)34-17-15-16-33(45-34)30-25-35-31(36(26-30)50-23-22-49-10)27-44-47(35)37-24-29(18-20-43-37)28-52-55(13,14)41(7,8)9/h15-18,20,24-27,32,38,46H,19,21-23,28H2,1-14H3/t32?,38-,53+/m0/s1. The van der Waals surface area contributed by atoms with Crippen molar-refractivity contribution in [2.24, 2.45) is 0 Å². The monoisotopic (exact) mass is 813 g/mol. The van der Waals surface area contributed by atoms with Crippen LogP contribution in [0.25, 0.3) is 28.0 Å². The average Bonchev–Trinajstić information content (AvgIpc) is 3.53. The minimum absolute atomic E-state index is 0.000647. The number of benzene rings is 1. The number of aromatic nitrogens is 4. The lowest BCUT2D eigenvalue weighted by Gasteiger charge is -2.36. The maximum atomic E-state index is 16.4. The van der Waals surface area contributed by atoms with Gasteiger partial charge in [0.15, 0.2) is 22.5 Å². The Kier molecular flexibility index (Phi) is 14.6. The summed E-state index contributed by atoms with van der Waals surface area (Å²) >= 11 is -1.55. The summed E-state index contributed by atoms with van der Waals surface area (Å²) in [5.41, 5.74) is 3.56. The van der Waals surface area contributed by atoms with Crippen molar-refractivity contribution in [2.45, 2.75) is 129 Å². The number of nitrogens with zero attached hydrogens (tertiary/aromatic N) is 4. The van der Waals surface area contributed by atoms with Gasteiger partial charge in [-0.2, -0.15) is 5.10 Å². The molecular weight excluding hydrogens is 750 g/mol. The molecule has 3 heterocycles. The summed E-state index contributed by atoms with van der Waals surface area (Å²) in [6.07, 6.45) is 2.27. The number of ether oxygens (including phenoxy) is 2. The number of hydrogen-bond acceptors (Lipinski definition) is 9. The molecular formula is C41H64FN5O5SSi2. The highest BCUT2D eigenvalue weighted by Crippen LogP contribution is 2.39. The molecule has 1 N–H and O–H groups in total. The van der Waals surface area contributed by atoms with Crippen LogP contribution < -0.4 is 9.46 Å². The molecule has 55 heavy (non-hydrogen) atoms. The van der Waals surface area contributed by atoms with Gasteiger partial charge in [-0.3, -0.25) is 4.98 Å². The van der Waals surface area contributed by atoms with Gasteiger partial charge in [0, 0.05) is 43.3 Å². The number of nitrogens with one attached hydrogen (secondary N) is 1. The smallest absolute Gasteiger partial charge is 0.192 e. The number of fused-ring (bicyclic) bond motifs is 1. The Balaban J connectivity index is 1.74. The largest absolute Gasteiger partial charge is 0.598 e. The summed E-state index contributed by atoms with van der Waals surface area (Å²) in [6, 6.07) is 12.5. The summed E-state index contributed by atoms with van der Waals surface area (Å²) in [6.45, 7) is 29.0. The Labute approximate surface area is 333 Å². The van der Waals surface area contributed by atoms with E-state index < -0.39 is 45.0 Å². The maximum absolute atomic E-state index is 16.4. The Bertz CT molecular complexity index is 1870. The molecule has 0 bridgehead atoms. The molecule has 10 nitrogen and oxygen atoms in total. The molecule has 0 aliphatic rings. The van der Waals surface area contributed by atoms with Crippen molar-refractivity contribution in [3.63, 3.8) is 0 Å². The Hall–Kier alpha value is -2.70. The molecule has 1 unspecified atom stereocenters. The normalized spacial score (nSPS) is 15.0. The molecule has 1 aromatic carbocycles. The number of rotatable bonds is 17. The van der Waals surface area contributed by atoms with Gasteiger partial charge in [-0.1, -0.05) is 47.6 Å². The van der Waals surface area contributed by atoms with Crippen molar-refractivity contribution < 1.29 is 27.3 Å². The van der Waals surface area contributed by atoms with Crippen LogP contribution in [-0.2, 0) is 31.6 Å². The first-order chi connectivity index (χ1) is 25.4. The molecule has 14 heteroatoms. The SMILES string of the molecule is COCCOc1cc(-c2cccc([C@@H](N[S@+]([O-])C(C)(C)C)C(F)CCO[Si](C)(C)C(C)(C)C)n2)cc2c1cnn2-c1cc(CO[Si](C)(C)C(C)(C)C)ccn1. The summed E-state index contributed by atoms with van der Waals surface area (Å²) in [7, 11) is -2.43. The van der Waals surface area contributed by atoms with Gasteiger partial charge in [-0.05, 0) is 99.0 Å². The molecule has 0 radical (unpaired) electrons. The molecule has 0 saturated heterocycles. The Morgan fingerprint density at radius 1 is 0.891 bits per heavy atom. The molecule has 0 fully saturated rings. The second kappa shape index (κ2) is 17.8.